The van der Waals surface area contributed by atoms with Crippen LogP contribution < -0.4 is 0 Å². The minimum atomic E-state index is -0.106. The summed E-state index contributed by atoms with van der Waals surface area (Å²) in [6.07, 6.45) is 2.65. The first-order valence-electron chi connectivity index (χ1n) is 6.30. The van der Waals surface area contributed by atoms with Crippen molar-refractivity contribution in [3.05, 3.63) is 77.4 Å². The molecule has 0 heterocycles. The Bertz CT molecular complexity index is 568. The van der Waals surface area contributed by atoms with E-state index in [-0.39, 0.29) is 21.7 Å². The first kappa shape index (κ1) is 18.1. The number of ketones is 1. The van der Waals surface area contributed by atoms with Gasteiger partial charge in [-0.2, -0.15) is 0 Å². The van der Waals surface area contributed by atoms with E-state index in [1.165, 1.54) is 0 Å². The van der Waals surface area contributed by atoms with Crippen molar-refractivity contribution in [1.29, 1.82) is 0 Å². The standard InChI is InChI=1S/C17H16O.2ClH.Pd/c1-14(18)17(12-15-8-4-2-5-9-15)13-16-10-6-3-7-11-16;;;/h2-12H,13H2,1H3;2*1H;/q;;;+2/p-2. The van der Waals surface area contributed by atoms with Crippen molar-refractivity contribution in [2.75, 3.05) is 0 Å². The third kappa shape index (κ3) is 7.60. The first-order chi connectivity index (χ1) is 10.2. The molecule has 2 rings (SSSR count). The molecular formula is C17H16Cl2OPd. The summed E-state index contributed by atoms with van der Waals surface area (Å²) in [5, 5.41) is 0. The zero-order valence-electron chi connectivity index (χ0n) is 11.5. The second-order valence-corrected chi connectivity index (χ2v) is 6.70. The van der Waals surface area contributed by atoms with Crippen LogP contribution in [0.4, 0.5) is 0 Å². The van der Waals surface area contributed by atoms with Crippen molar-refractivity contribution < 1.29 is 20.7 Å². The monoisotopic (exact) mass is 412 g/mol. The molecule has 21 heavy (non-hydrogen) atoms. The fraction of sp³-hybridized carbons (Fsp3) is 0.118. The molecule has 2 aromatic carbocycles. The van der Waals surface area contributed by atoms with Gasteiger partial charge >= 0.3 is 35.0 Å². The minimum absolute atomic E-state index is 0.106. The van der Waals surface area contributed by atoms with E-state index < -0.39 is 0 Å². The van der Waals surface area contributed by atoms with Gasteiger partial charge in [0, 0.05) is 6.42 Å². The number of carbonyl (C=O) groups is 1. The van der Waals surface area contributed by atoms with Crippen LogP contribution in [0.2, 0.25) is 0 Å². The fourth-order valence-corrected chi connectivity index (χ4v) is 1.84. The molecule has 0 radical (unpaired) electrons. The van der Waals surface area contributed by atoms with Gasteiger partial charge in [0.05, 0.1) is 0 Å². The average Bonchev–Trinajstić information content (AvgIpc) is 2.49. The van der Waals surface area contributed by atoms with Crippen LogP contribution >= 0.6 is 19.1 Å². The summed E-state index contributed by atoms with van der Waals surface area (Å²) in [6.45, 7) is 1.62. The fourth-order valence-electron chi connectivity index (χ4n) is 1.84. The van der Waals surface area contributed by atoms with E-state index in [1.54, 1.807) is 6.92 Å². The molecule has 0 saturated heterocycles. The second kappa shape index (κ2) is 10.8. The second-order valence-electron chi connectivity index (χ2n) is 4.34. The summed E-state index contributed by atoms with van der Waals surface area (Å²) in [5.41, 5.74) is 3.07. The maximum atomic E-state index is 11.7. The number of allylic oxidation sites excluding steroid dienone is 1. The molecule has 0 bridgehead atoms. The molecule has 0 unspecified atom stereocenters. The van der Waals surface area contributed by atoms with Crippen LogP contribution in [-0.2, 0) is 27.2 Å². The summed E-state index contributed by atoms with van der Waals surface area (Å²) >= 11 is -0.106. The number of halogens is 2. The predicted molar refractivity (Wildman–Crippen MR) is 87.0 cm³/mol. The Morgan fingerprint density at radius 3 is 1.95 bits per heavy atom. The number of hydrogen-bond donors (Lipinski definition) is 0. The number of hydrogen-bond acceptors (Lipinski definition) is 1. The van der Waals surface area contributed by atoms with E-state index in [4.69, 9.17) is 19.1 Å². The molecule has 0 aromatic heterocycles. The molecule has 4 heteroatoms. The molecule has 0 spiro atoms. The summed E-state index contributed by atoms with van der Waals surface area (Å²) in [5.74, 6) is 0.128. The van der Waals surface area contributed by atoms with E-state index >= 15 is 0 Å². The van der Waals surface area contributed by atoms with Crippen LogP contribution in [0.5, 0.6) is 0 Å². The van der Waals surface area contributed by atoms with Crippen molar-refractivity contribution >= 4 is 30.9 Å². The molecule has 0 fully saturated rings. The summed E-state index contributed by atoms with van der Waals surface area (Å²) in [7, 11) is 9.63. The van der Waals surface area contributed by atoms with Crippen LogP contribution in [0.1, 0.15) is 18.1 Å². The van der Waals surface area contributed by atoms with Crippen LogP contribution in [0.3, 0.4) is 0 Å². The zero-order chi connectivity index (χ0) is 15.5. The van der Waals surface area contributed by atoms with Gasteiger partial charge in [-0.15, -0.1) is 0 Å². The number of Topliss-reactive ketones (excluding diaryl/α,β-unsaturated/α-hetero) is 1. The van der Waals surface area contributed by atoms with Crippen LogP contribution in [-0.4, -0.2) is 5.78 Å². The van der Waals surface area contributed by atoms with Gasteiger partial charge in [-0.25, -0.2) is 0 Å². The van der Waals surface area contributed by atoms with Crippen LogP contribution in [0.25, 0.3) is 6.08 Å². The van der Waals surface area contributed by atoms with Crippen molar-refractivity contribution in [2.45, 2.75) is 13.3 Å². The van der Waals surface area contributed by atoms with Crippen molar-refractivity contribution in [3.8, 4) is 0 Å². The molecule has 0 N–H and O–H groups in total. The molecule has 114 valence electrons. The van der Waals surface area contributed by atoms with Gasteiger partial charge in [0.15, 0.2) is 5.78 Å². The van der Waals surface area contributed by atoms with Gasteiger partial charge in [-0.1, -0.05) is 60.7 Å². The van der Waals surface area contributed by atoms with Gasteiger partial charge in [0.1, 0.15) is 0 Å². The van der Waals surface area contributed by atoms with E-state index in [0.717, 1.165) is 16.7 Å². The average molecular weight is 414 g/mol. The van der Waals surface area contributed by atoms with Gasteiger partial charge in [-0.05, 0) is 29.7 Å². The molecule has 0 atom stereocenters. The predicted octanol–water partition coefficient (Wildman–Crippen LogP) is 5.28. The molecule has 0 saturated carbocycles. The van der Waals surface area contributed by atoms with Gasteiger partial charge in [0.25, 0.3) is 0 Å². The summed E-state index contributed by atoms with van der Waals surface area (Å²) in [4.78, 5) is 11.7. The molecule has 1 nitrogen and oxygen atoms in total. The Morgan fingerprint density at radius 1 is 1.00 bits per heavy atom. The maximum absolute atomic E-state index is 11.7. The summed E-state index contributed by atoms with van der Waals surface area (Å²) < 4.78 is 0. The quantitative estimate of drug-likeness (QED) is 0.492. The van der Waals surface area contributed by atoms with E-state index in [0.29, 0.717) is 6.42 Å². The zero-order valence-corrected chi connectivity index (χ0v) is 14.6. The molecular weight excluding hydrogens is 398 g/mol. The van der Waals surface area contributed by atoms with Crippen LogP contribution in [0.15, 0.2) is 66.2 Å². The first-order valence-corrected chi connectivity index (χ1v) is 10.3. The Morgan fingerprint density at radius 2 is 1.48 bits per heavy atom. The van der Waals surface area contributed by atoms with Crippen LogP contribution in [0, 0.1) is 0 Å². The SMILES string of the molecule is CC(=O)C(=Cc1ccccc1)Cc1ccccc1.[Cl][Pd][Cl]. The Hall–Kier alpha value is -0.908. The topological polar surface area (TPSA) is 17.1 Å². The molecule has 0 amide bonds. The number of rotatable bonds is 4. The van der Waals surface area contributed by atoms with E-state index in [1.807, 2.05) is 66.7 Å². The Balaban J connectivity index is 0.000000677. The normalized spacial score (nSPS) is 10.7. The molecule has 2 aromatic rings. The molecule has 0 aliphatic carbocycles. The Kier molecular flexibility index (Phi) is 9.30. The van der Waals surface area contributed by atoms with Crippen molar-refractivity contribution in [2.24, 2.45) is 0 Å². The van der Waals surface area contributed by atoms with E-state index in [9.17, 15) is 4.79 Å². The van der Waals surface area contributed by atoms with Crippen molar-refractivity contribution in [3.63, 3.8) is 0 Å². The summed E-state index contributed by atoms with van der Waals surface area (Å²) in [6, 6.07) is 20.0. The third-order valence-corrected chi connectivity index (χ3v) is 2.83. The van der Waals surface area contributed by atoms with Crippen molar-refractivity contribution in [1.82, 2.24) is 0 Å². The van der Waals surface area contributed by atoms with Gasteiger partial charge in [0.2, 0.25) is 0 Å². The van der Waals surface area contributed by atoms with Gasteiger partial charge < -0.3 is 0 Å². The number of carbonyl (C=O) groups excluding carboxylic acids is 1. The molecule has 0 aliphatic heterocycles. The number of benzene rings is 2. The third-order valence-electron chi connectivity index (χ3n) is 2.83. The molecule has 0 aliphatic rings. The van der Waals surface area contributed by atoms with E-state index in [2.05, 4.69) is 0 Å². The Labute approximate surface area is 142 Å². The van der Waals surface area contributed by atoms with Gasteiger partial charge in [-0.3, -0.25) is 4.79 Å².